The summed E-state index contributed by atoms with van der Waals surface area (Å²) in [7, 11) is 0. The van der Waals surface area contributed by atoms with Crippen molar-refractivity contribution < 1.29 is 9.53 Å². The highest BCUT2D eigenvalue weighted by molar-refractivity contribution is 8.14. The van der Waals surface area contributed by atoms with E-state index in [2.05, 4.69) is 23.5 Å². The van der Waals surface area contributed by atoms with E-state index in [1.54, 1.807) is 0 Å². The van der Waals surface area contributed by atoms with Gasteiger partial charge in [0.1, 0.15) is 5.75 Å². The molecule has 1 amide bonds. The van der Waals surface area contributed by atoms with E-state index in [0.29, 0.717) is 5.75 Å². The molecule has 0 radical (unpaired) electrons. The van der Waals surface area contributed by atoms with Crippen LogP contribution in [-0.2, 0) is 0 Å². The summed E-state index contributed by atoms with van der Waals surface area (Å²) in [6.07, 6.45) is 0.798. The lowest BCUT2D eigenvalue weighted by Crippen LogP contribution is -2.62. The van der Waals surface area contributed by atoms with Gasteiger partial charge in [-0.25, -0.2) is 5.01 Å². The minimum absolute atomic E-state index is 0.0727. The number of rotatable bonds is 1. The SMILES string of the molecule is O=C1N[C@@]2(CS1)Oc1ccccc1[C@@H]1CC(c3ccccc3)=NN12. The summed E-state index contributed by atoms with van der Waals surface area (Å²) in [6.45, 7) is 0. The predicted molar refractivity (Wildman–Crippen MR) is 93.0 cm³/mol. The van der Waals surface area contributed by atoms with Crippen molar-refractivity contribution in [3.8, 4) is 5.75 Å². The van der Waals surface area contributed by atoms with Gasteiger partial charge in [-0.3, -0.25) is 10.1 Å². The Labute approximate surface area is 143 Å². The average molecular weight is 337 g/mol. The van der Waals surface area contributed by atoms with Crippen LogP contribution in [0.2, 0.25) is 0 Å². The Morgan fingerprint density at radius 2 is 1.96 bits per heavy atom. The van der Waals surface area contributed by atoms with Crippen LogP contribution in [0.5, 0.6) is 5.75 Å². The molecule has 2 atom stereocenters. The Kier molecular flexibility index (Phi) is 2.91. The Morgan fingerprint density at radius 1 is 1.17 bits per heavy atom. The minimum atomic E-state index is -0.892. The van der Waals surface area contributed by atoms with Crippen molar-refractivity contribution >= 4 is 22.7 Å². The van der Waals surface area contributed by atoms with Crippen molar-refractivity contribution in [2.75, 3.05) is 5.75 Å². The number of ether oxygens (including phenoxy) is 1. The highest BCUT2D eigenvalue weighted by atomic mass is 32.2. The van der Waals surface area contributed by atoms with Crippen LogP contribution in [0.25, 0.3) is 0 Å². The number of nitrogens with one attached hydrogen (secondary N) is 1. The summed E-state index contributed by atoms with van der Waals surface area (Å²) >= 11 is 1.24. The molecule has 3 aliphatic heterocycles. The van der Waals surface area contributed by atoms with Gasteiger partial charge in [-0.1, -0.05) is 60.3 Å². The fourth-order valence-corrected chi connectivity index (χ4v) is 4.36. The van der Waals surface area contributed by atoms with Crippen LogP contribution in [0.1, 0.15) is 23.6 Å². The topological polar surface area (TPSA) is 53.9 Å². The van der Waals surface area contributed by atoms with E-state index >= 15 is 0 Å². The van der Waals surface area contributed by atoms with E-state index in [1.807, 2.05) is 41.4 Å². The maximum atomic E-state index is 11.9. The molecule has 1 saturated heterocycles. The zero-order valence-electron chi connectivity index (χ0n) is 12.8. The molecule has 0 saturated carbocycles. The Hall–Kier alpha value is -2.47. The molecule has 6 heteroatoms. The van der Waals surface area contributed by atoms with Crippen molar-refractivity contribution in [2.45, 2.75) is 18.3 Å². The van der Waals surface area contributed by atoms with Gasteiger partial charge in [0.2, 0.25) is 0 Å². The maximum absolute atomic E-state index is 11.9. The summed E-state index contributed by atoms with van der Waals surface area (Å²) in [5.41, 5.74) is 3.24. The van der Waals surface area contributed by atoms with Crippen LogP contribution in [0.3, 0.4) is 0 Å². The van der Waals surface area contributed by atoms with Gasteiger partial charge in [0.05, 0.1) is 17.5 Å². The monoisotopic (exact) mass is 337 g/mol. The third-order valence-corrected chi connectivity index (χ3v) is 5.54. The number of hydrogen-bond donors (Lipinski definition) is 1. The van der Waals surface area contributed by atoms with E-state index in [4.69, 9.17) is 9.84 Å². The number of benzene rings is 2. The van der Waals surface area contributed by atoms with Crippen LogP contribution >= 0.6 is 11.8 Å². The summed E-state index contributed by atoms with van der Waals surface area (Å²) in [5.74, 6) is 0.450. The highest BCUT2D eigenvalue weighted by Gasteiger charge is 2.54. The first kappa shape index (κ1) is 13.9. The fraction of sp³-hybridized carbons (Fsp3) is 0.222. The molecular formula is C18H15N3O2S. The summed E-state index contributed by atoms with van der Waals surface area (Å²) in [6, 6.07) is 18.3. The van der Waals surface area contributed by atoms with Crippen LogP contribution < -0.4 is 10.1 Å². The third kappa shape index (κ3) is 1.96. The molecule has 0 aromatic heterocycles. The van der Waals surface area contributed by atoms with Crippen molar-refractivity contribution in [2.24, 2.45) is 5.10 Å². The standard InChI is InChI=1S/C18H15N3O2S/c22-17-19-18(11-24-17)21-15(13-8-4-5-9-16(13)23-18)10-14(20-21)12-6-2-1-3-7-12/h1-9,15H,10-11H2,(H,19,22)/t15-,18+/m0/s1. The van der Waals surface area contributed by atoms with E-state index in [1.165, 1.54) is 11.8 Å². The third-order valence-electron chi connectivity index (χ3n) is 4.64. The zero-order valence-corrected chi connectivity index (χ0v) is 13.6. The molecule has 3 heterocycles. The molecule has 24 heavy (non-hydrogen) atoms. The second kappa shape index (κ2) is 5.01. The van der Waals surface area contributed by atoms with Crippen LogP contribution in [-0.4, -0.2) is 27.6 Å². The smallest absolute Gasteiger partial charge is 0.289 e. The number of fused-ring (bicyclic) bond motifs is 4. The number of amides is 1. The molecule has 0 aliphatic carbocycles. The average Bonchev–Trinajstić information content (AvgIpc) is 3.22. The van der Waals surface area contributed by atoms with Crippen LogP contribution in [0, 0.1) is 0 Å². The van der Waals surface area contributed by atoms with Gasteiger partial charge in [-0.05, 0) is 11.6 Å². The van der Waals surface area contributed by atoms with Crippen molar-refractivity contribution in [3.05, 3.63) is 65.7 Å². The minimum Gasteiger partial charge on any atom is -0.447 e. The predicted octanol–water partition coefficient (Wildman–Crippen LogP) is 3.34. The molecule has 2 aromatic rings. The Balaban J connectivity index is 1.62. The first-order valence-corrected chi connectivity index (χ1v) is 8.89. The molecule has 0 unspecified atom stereocenters. The van der Waals surface area contributed by atoms with Gasteiger partial charge in [-0.15, -0.1) is 0 Å². The van der Waals surface area contributed by atoms with E-state index in [0.717, 1.165) is 29.0 Å². The van der Waals surface area contributed by atoms with Crippen molar-refractivity contribution in [3.63, 3.8) is 0 Å². The number of thioether (sulfide) groups is 1. The molecule has 0 bridgehead atoms. The molecule has 1 spiro atoms. The highest BCUT2D eigenvalue weighted by Crippen LogP contribution is 2.48. The van der Waals surface area contributed by atoms with Gasteiger partial charge in [0.15, 0.2) is 0 Å². The Morgan fingerprint density at radius 3 is 2.75 bits per heavy atom. The summed E-state index contributed by atoms with van der Waals surface area (Å²) in [4.78, 5) is 11.9. The second-order valence-electron chi connectivity index (χ2n) is 6.10. The van der Waals surface area contributed by atoms with Gasteiger partial charge in [0, 0.05) is 12.0 Å². The number of carbonyl (C=O) groups excluding carboxylic acids is 1. The quantitative estimate of drug-likeness (QED) is 0.867. The lowest BCUT2D eigenvalue weighted by Gasteiger charge is -2.44. The van der Waals surface area contributed by atoms with Crippen molar-refractivity contribution in [1.29, 1.82) is 0 Å². The normalized spacial score (nSPS) is 27.3. The summed E-state index contributed by atoms with van der Waals surface area (Å²) in [5, 5.41) is 9.69. The molecule has 1 N–H and O–H groups in total. The molecule has 5 nitrogen and oxygen atoms in total. The first-order valence-electron chi connectivity index (χ1n) is 7.90. The Bertz CT molecular complexity index is 854. The van der Waals surface area contributed by atoms with Gasteiger partial charge >= 0.3 is 0 Å². The molecular weight excluding hydrogens is 322 g/mol. The largest absolute Gasteiger partial charge is 0.447 e. The van der Waals surface area contributed by atoms with E-state index < -0.39 is 5.85 Å². The molecule has 2 aromatic carbocycles. The maximum Gasteiger partial charge on any atom is 0.289 e. The number of hydrazone groups is 1. The molecule has 120 valence electrons. The molecule has 1 fully saturated rings. The fourth-order valence-electron chi connectivity index (χ4n) is 3.54. The zero-order chi connectivity index (χ0) is 16.1. The lowest BCUT2D eigenvalue weighted by molar-refractivity contribution is -0.111. The van der Waals surface area contributed by atoms with E-state index in [9.17, 15) is 4.79 Å². The number of carbonyl (C=O) groups is 1. The number of hydrogen-bond acceptors (Lipinski definition) is 5. The number of para-hydroxylation sites is 1. The van der Waals surface area contributed by atoms with E-state index in [-0.39, 0.29) is 11.3 Å². The van der Waals surface area contributed by atoms with Gasteiger partial charge in [-0.2, -0.15) is 5.10 Å². The molecule has 5 rings (SSSR count). The lowest BCUT2D eigenvalue weighted by atomic mass is 9.96. The van der Waals surface area contributed by atoms with Gasteiger partial charge < -0.3 is 4.74 Å². The first-order chi connectivity index (χ1) is 11.8. The van der Waals surface area contributed by atoms with Crippen LogP contribution in [0.4, 0.5) is 4.79 Å². The van der Waals surface area contributed by atoms with Gasteiger partial charge in [0.25, 0.3) is 11.1 Å². The summed E-state index contributed by atoms with van der Waals surface area (Å²) < 4.78 is 6.21. The molecule has 3 aliphatic rings. The van der Waals surface area contributed by atoms with Crippen LogP contribution in [0.15, 0.2) is 59.7 Å². The number of nitrogens with zero attached hydrogens (tertiary/aromatic N) is 2. The second-order valence-corrected chi connectivity index (χ2v) is 7.05. The van der Waals surface area contributed by atoms with Crippen molar-refractivity contribution in [1.82, 2.24) is 10.3 Å².